The molecule has 0 aliphatic rings. The molecule has 0 aromatic rings. The summed E-state index contributed by atoms with van der Waals surface area (Å²) < 4.78 is 0. The number of nitrogens with one attached hydrogen (secondary N) is 1. The molecule has 0 spiro atoms. The lowest BCUT2D eigenvalue weighted by Gasteiger charge is -2.07. The van der Waals surface area contributed by atoms with Crippen molar-refractivity contribution in [3.63, 3.8) is 0 Å². The molecule has 1 N–H and O–H groups in total. The molecule has 0 fully saturated rings. The summed E-state index contributed by atoms with van der Waals surface area (Å²) in [6.45, 7) is 6.17. The molecule has 0 saturated carbocycles. The first kappa shape index (κ1) is 11.3. The lowest BCUT2D eigenvalue weighted by atomic mass is 10.3. The Morgan fingerprint density at radius 3 is 3.00 bits per heavy atom. The van der Waals surface area contributed by atoms with E-state index in [9.17, 15) is 4.79 Å². The molecular weight excluding hydrogens is 170 g/mol. The van der Waals surface area contributed by atoms with Gasteiger partial charge in [0.25, 0.3) is 5.91 Å². The van der Waals surface area contributed by atoms with Crippen molar-refractivity contribution in [1.29, 1.82) is 0 Å². The summed E-state index contributed by atoms with van der Waals surface area (Å²) in [5.41, 5.74) is 2.43. The van der Waals surface area contributed by atoms with Crippen LogP contribution < -0.4 is 5.32 Å². The van der Waals surface area contributed by atoms with Gasteiger partial charge >= 0.3 is 0 Å². The molecule has 1 amide bonds. The van der Waals surface area contributed by atoms with E-state index in [1.54, 1.807) is 11.8 Å². The van der Waals surface area contributed by atoms with E-state index >= 15 is 0 Å². The van der Waals surface area contributed by atoms with E-state index < -0.39 is 0 Å². The van der Waals surface area contributed by atoms with Crippen LogP contribution in [0.2, 0.25) is 0 Å². The normalized spacial score (nSPS) is 11.5. The second-order valence-electron chi connectivity index (χ2n) is 2.47. The molecule has 0 aliphatic heterocycles. The van der Waals surface area contributed by atoms with Crippen molar-refractivity contribution in [2.75, 3.05) is 12.8 Å². The number of hydrogen-bond donors (Lipinski definition) is 1. The molecule has 0 aliphatic carbocycles. The molecule has 0 bridgehead atoms. The van der Waals surface area contributed by atoms with Crippen molar-refractivity contribution in [1.82, 2.24) is 5.32 Å². The molecule has 0 rings (SSSR count). The lowest BCUT2D eigenvalue weighted by molar-refractivity contribution is -0.116. The molecule has 68 valence electrons. The van der Waals surface area contributed by atoms with Gasteiger partial charge in [0, 0.05) is 17.9 Å². The zero-order chi connectivity index (χ0) is 9.40. The standard InChI is InChI=1S/C9H15NOS/c1-4-5-9(11)10-7-6-8(2)12-3/h5,8H,1,6-7H2,2-3H3,(H,10,11). The van der Waals surface area contributed by atoms with Crippen molar-refractivity contribution in [2.24, 2.45) is 0 Å². The molecule has 0 aromatic heterocycles. The van der Waals surface area contributed by atoms with E-state index in [1.165, 1.54) is 6.08 Å². The van der Waals surface area contributed by atoms with Crippen molar-refractivity contribution >= 4 is 17.7 Å². The Morgan fingerprint density at radius 2 is 2.50 bits per heavy atom. The Morgan fingerprint density at radius 1 is 1.83 bits per heavy atom. The highest BCUT2D eigenvalue weighted by Gasteiger charge is 1.99. The van der Waals surface area contributed by atoms with Crippen LogP contribution in [0.4, 0.5) is 0 Å². The fraction of sp³-hybridized carbons (Fsp3) is 0.556. The molecule has 0 saturated heterocycles. The predicted molar refractivity (Wildman–Crippen MR) is 54.3 cm³/mol. The Kier molecular flexibility index (Phi) is 6.63. The average Bonchev–Trinajstić information content (AvgIpc) is 2.04. The molecule has 0 heterocycles. The number of amides is 1. The molecular formula is C9H15NOS. The van der Waals surface area contributed by atoms with E-state index in [-0.39, 0.29) is 5.91 Å². The third-order valence-electron chi connectivity index (χ3n) is 1.49. The maximum atomic E-state index is 10.8. The molecule has 1 atom stereocenters. The lowest BCUT2D eigenvalue weighted by Crippen LogP contribution is -2.23. The van der Waals surface area contributed by atoms with Crippen LogP contribution in [0, 0.1) is 0 Å². The minimum atomic E-state index is -0.113. The van der Waals surface area contributed by atoms with E-state index in [0.717, 1.165) is 13.0 Å². The van der Waals surface area contributed by atoms with Crippen LogP contribution in [0.5, 0.6) is 0 Å². The highest BCUT2D eigenvalue weighted by molar-refractivity contribution is 7.99. The zero-order valence-electron chi connectivity index (χ0n) is 7.59. The Bertz CT molecular complexity index is 185. The minimum Gasteiger partial charge on any atom is -0.352 e. The fourth-order valence-electron chi connectivity index (χ4n) is 0.660. The monoisotopic (exact) mass is 185 g/mol. The topological polar surface area (TPSA) is 29.1 Å². The second-order valence-corrected chi connectivity index (χ2v) is 3.75. The molecule has 3 heteroatoms. The van der Waals surface area contributed by atoms with Gasteiger partial charge in [0.15, 0.2) is 0 Å². The van der Waals surface area contributed by atoms with Crippen LogP contribution in [0.25, 0.3) is 0 Å². The number of hydrogen-bond acceptors (Lipinski definition) is 2. The van der Waals surface area contributed by atoms with Gasteiger partial charge in [-0.1, -0.05) is 13.5 Å². The summed E-state index contributed by atoms with van der Waals surface area (Å²) in [7, 11) is 0. The summed E-state index contributed by atoms with van der Waals surface area (Å²) in [6.07, 6.45) is 4.37. The third-order valence-corrected chi connectivity index (χ3v) is 2.53. The van der Waals surface area contributed by atoms with Gasteiger partial charge in [0.05, 0.1) is 0 Å². The van der Waals surface area contributed by atoms with Crippen molar-refractivity contribution in [2.45, 2.75) is 18.6 Å². The van der Waals surface area contributed by atoms with Gasteiger partial charge in [0.1, 0.15) is 0 Å². The summed E-state index contributed by atoms with van der Waals surface area (Å²) in [4.78, 5) is 10.8. The van der Waals surface area contributed by atoms with Crippen molar-refractivity contribution in [3.8, 4) is 0 Å². The number of thioether (sulfide) groups is 1. The Hall–Kier alpha value is -0.660. The average molecular weight is 185 g/mol. The van der Waals surface area contributed by atoms with Crippen LogP contribution in [-0.2, 0) is 4.79 Å². The van der Waals surface area contributed by atoms with Crippen LogP contribution in [0.15, 0.2) is 18.4 Å². The van der Waals surface area contributed by atoms with Gasteiger partial charge in [-0.3, -0.25) is 4.79 Å². The fourth-order valence-corrected chi connectivity index (χ4v) is 1.01. The van der Waals surface area contributed by atoms with Crippen molar-refractivity contribution < 1.29 is 4.79 Å². The summed E-state index contributed by atoms with van der Waals surface area (Å²) in [5, 5.41) is 3.33. The summed E-state index contributed by atoms with van der Waals surface area (Å²) in [5.74, 6) is -0.113. The molecule has 2 nitrogen and oxygen atoms in total. The van der Waals surface area contributed by atoms with Crippen molar-refractivity contribution in [3.05, 3.63) is 18.4 Å². The SMILES string of the molecule is C=C=CC(=O)NCCC(C)SC. The van der Waals surface area contributed by atoms with E-state index in [4.69, 9.17) is 0 Å². The Balaban J connectivity index is 3.43. The first-order chi connectivity index (χ1) is 5.70. The number of carbonyl (C=O) groups excluding carboxylic acids is 1. The van der Waals surface area contributed by atoms with E-state index in [2.05, 4.69) is 30.8 Å². The van der Waals surface area contributed by atoms with Gasteiger partial charge in [-0.2, -0.15) is 11.8 Å². The summed E-state index contributed by atoms with van der Waals surface area (Å²) in [6, 6.07) is 0. The maximum Gasteiger partial charge on any atom is 0.251 e. The largest absolute Gasteiger partial charge is 0.352 e. The first-order valence-electron chi connectivity index (χ1n) is 3.87. The zero-order valence-corrected chi connectivity index (χ0v) is 8.41. The van der Waals surface area contributed by atoms with E-state index in [1.807, 2.05) is 0 Å². The highest BCUT2D eigenvalue weighted by atomic mass is 32.2. The smallest absolute Gasteiger partial charge is 0.251 e. The highest BCUT2D eigenvalue weighted by Crippen LogP contribution is 2.07. The molecule has 0 aromatic carbocycles. The molecule has 0 radical (unpaired) electrons. The van der Waals surface area contributed by atoms with Gasteiger partial charge in [-0.25, -0.2) is 0 Å². The summed E-state index contributed by atoms with van der Waals surface area (Å²) >= 11 is 1.80. The van der Waals surface area contributed by atoms with Gasteiger partial charge in [-0.15, -0.1) is 5.73 Å². The van der Waals surface area contributed by atoms with Crippen LogP contribution in [0.1, 0.15) is 13.3 Å². The van der Waals surface area contributed by atoms with E-state index in [0.29, 0.717) is 5.25 Å². The number of rotatable bonds is 5. The Labute approximate surface area is 78.1 Å². The first-order valence-corrected chi connectivity index (χ1v) is 5.16. The minimum absolute atomic E-state index is 0.113. The predicted octanol–water partition coefficient (Wildman–Crippen LogP) is 1.59. The maximum absolute atomic E-state index is 10.8. The third kappa shape index (κ3) is 6.08. The molecule has 12 heavy (non-hydrogen) atoms. The number of carbonyl (C=O) groups is 1. The van der Waals surface area contributed by atoms with Gasteiger partial charge in [0.2, 0.25) is 0 Å². The quantitative estimate of drug-likeness (QED) is 0.520. The van der Waals surface area contributed by atoms with Crippen LogP contribution >= 0.6 is 11.8 Å². The van der Waals surface area contributed by atoms with Gasteiger partial charge < -0.3 is 5.32 Å². The molecule has 1 unspecified atom stereocenters. The van der Waals surface area contributed by atoms with Crippen LogP contribution in [0.3, 0.4) is 0 Å². The second kappa shape index (κ2) is 7.01. The van der Waals surface area contributed by atoms with Crippen LogP contribution in [-0.4, -0.2) is 24.0 Å². The van der Waals surface area contributed by atoms with Gasteiger partial charge in [-0.05, 0) is 12.7 Å².